The molecule has 9 heteroatoms. The Morgan fingerprint density at radius 2 is 2.14 bits per heavy atom. The first-order chi connectivity index (χ1) is 9.97. The van der Waals surface area contributed by atoms with Crippen molar-refractivity contribution in [1.29, 1.82) is 0 Å². The summed E-state index contributed by atoms with van der Waals surface area (Å²) in [6, 6.07) is 1.42. The SMILES string of the molecule is Cn1cnc(CCNCc2cc([N+](=O)[O-])c(F)cc2F)n1. The second-order valence-corrected chi connectivity index (χ2v) is 4.41. The lowest BCUT2D eigenvalue weighted by Crippen LogP contribution is -2.18. The molecule has 0 saturated heterocycles. The van der Waals surface area contributed by atoms with E-state index in [1.165, 1.54) is 0 Å². The summed E-state index contributed by atoms with van der Waals surface area (Å²) in [6.45, 7) is 0.522. The van der Waals surface area contributed by atoms with Crippen molar-refractivity contribution in [2.45, 2.75) is 13.0 Å². The van der Waals surface area contributed by atoms with Crippen molar-refractivity contribution in [1.82, 2.24) is 20.1 Å². The molecule has 0 aliphatic rings. The van der Waals surface area contributed by atoms with Crippen molar-refractivity contribution in [3.63, 3.8) is 0 Å². The third-order valence-electron chi connectivity index (χ3n) is 2.80. The fourth-order valence-corrected chi connectivity index (χ4v) is 1.78. The van der Waals surface area contributed by atoms with Crippen molar-refractivity contribution in [2.24, 2.45) is 7.05 Å². The highest BCUT2D eigenvalue weighted by atomic mass is 19.1. The molecule has 0 amide bonds. The molecule has 2 rings (SSSR count). The number of rotatable bonds is 6. The monoisotopic (exact) mass is 297 g/mol. The van der Waals surface area contributed by atoms with Crippen LogP contribution in [0.25, 0.3) is 0 Å². The van der Waals surface area contributed by atoms with Gasteiger partial charge in [0, 0.05) is 44.3 Å². The predicted octanol–water partition coefficient (Wildman–Crippen LogP) is 1.33. The number of aryl methyl sites for hydroxylation is 1. The summed E-state index contributed by atoms with van der Waals surface area (Å²) >= 11 is 0. The molecule has 0 aliphatic carbocycles. The van der Waals surface area contributed by atoms with Crippen LogP contribution < -0.4 is 5.32 Å². The van der Waals surface area contributed by atoms with Crippen LogP contribution in [-0.4, -0.2) is 26.2 Å². The average molecular weight is 297 g/mol. The van der Waals surface area contributed by atoms with E-state index >= 15 is 0 Å². The van der Waals surface area contributed by atoms with E-state index < -0.39 is 22.2 Å². The quantitative estimate of drug-likeness (QED) is 0.494. The van der Waals surface area contributed by atoms with Crippen LogP contribution in [0.3, 0.4) is 0 Å². The molecule has 0 bridgehead atoms. The molecule has 21 heavy (non-hydrogen) atoms. The minimum Gasteiger partial charge on any atom is -0.312 e. The molecule has 7 nitrogen and oxygen atoms in total. The van der Waals surface area contributed by atoms with Crippen molar-refractivity contribution in [2.75, 3.05) is 6.54 Å². The Balaban J connectivity index is 1.93. The Morgan fingerprint density at radius 1 is 1.38 bits per heavy atom. The van der Waals surface area contributed by atoms with Crippen molar-refractivity contribution in [3.05, 3.63) is 51.6 Å². The maximum Gasteiger partial charge on any atom is 0.305 e. The molecular weight excluding hydrogens is 284 g/mol. The van der Waals surface area contributed by atoms with Gasteiger partial charge < -0.3 is 5.32 Å². The van der Waals surface area contributed by atoms with E-state index in [0.29, 0.717) is 24.9 Å². The molecule has 2 aromatic rings. The first-order valence-corrected chi connectivity index (χ1v) is 6.15. The van der Waals surface area contributed by atoms with Crippen LogP contribution in [0.4, 0.5) is 14.5 Å². The molecule has 0 fully saturated rings. The number of aromatic nitrogens is 3. The van der Waals surface area contributed by atoms with Gasteiger partial charge >= 0.3 is 5.69 Å². The van der Waals surface area contributed by atoms with Gasteiger partial charge in [-0.25, -0.2) is 9.37 Å². The summed E-state index contributed by atoms with van der Waals surface area (Å²) in [5, 5.41) is 17.6. The normalized spacial score (nSPS) is 10.8. The van der Waals surface area contributed by atoms with Crippen LogP contribution >= 0.6 is 0 Å². The Kier molecular flexibility index (Phi) is 4.53. The zero-order chi connectivity index (χ0) is 15.4. The first-order valence-electron chi connectivity index (χ1n) is 6.15. The van der Waals surface area contributed by atoms with Gasteiger partial charge in [0.05, 0.1) is 4.92 Å². The summed E-state index contributed by atoms with van der Waals surface area (Å²) in [5.74, 6) is -1.36. The van der Waals surface area contributed by atoms with Gasteiger partial charge in [-0.3, -0.25) is 14.8 Å². The van der Waals surface area contributed by atoms with E-state index in [4.69, 9.17) is 0 Å². The lowest BCUT2D eigenvalue weighted by atomic mass is 10.1. The largest absolute Gasteiger partial charge is 0.312 e. The predicted molar refractivity (Wildman–Crippen MR) is 69.4 cm³/mol. The molecule has 0 saturated carbocycles. The van der Waals surface area contributed by atoms with Gasteiger partial charge in [-0.05, 0) is 0 Å². The van der Waals surface area contributed by atoms with Crippen LogP contribution in [0.5, 0.6) is 0 Å². The van der Waals surface area contributed by atoms with Crippen molar-refractivity contribution in [3.8, 4) is 0 Å². The van der Waals surface area contributed by atoms with Gasteiger partial charge in [-0.2, -0.15) is 9.49 Å². The number of hydrogen-bond donors (Lipinski definition) is 1. The van der Waals surface area contributed by atoms with Crippen LogP contribution in [0.2, 0.25) is 0 Å². The highest BCUT2D eigenvalue weighted by Gasteiger charge is 2.18. The molecule has 0 unspecified atom stereocenters. The topological polar surface area (TPSA) is 85.9 Å². The number of hydrogen-bond acceptors (Lipinski definition) is 5. The number of nitro groups is 1. The Hall–Kier alpha value is -2.42. The minimum absolute atomic E-state index is 0.0390. The van der Waals surface area contributed by atoms with E-state index in [9.17, 15) is 18.9 Å². The van der Waals surface area contributed by atoms with E-state index in [-0.39, 0.29) is 12.1 Å². The Labute approximate surface area is 118 Å². The number of nitrogens with zero attached hydrogens (tertiary/aromatic N) is 4. The molecule has 1 aromatic carbocycles. The van der Waals surface area contributed by atoms with Crippen LogP contribution in [0.1, 0.15) is 11.4 Å². The van der Waals surface area contributed by atoms with Crippen LogP contribution in [0.15, 0.2) is 18.5 Å². The summed E-state index contributed by atoms with van der Waals surface area (Å²) in [6.07, 6.45) is 2.10. The third kappa shape index (κ3) is 3.78. The number of nitro benzene ring substituents is 1. The van der Waals surface area contributed by atoms with E-state index in [0.717, 1.165) is 6.07 Å². The Bertz CT molecular complexity index is 659. The molecule has 1 N–H and O–H groups in total. The second kappa shape index (κ2) is 6.35. The van der Waals surface area contributed by atoms with Crippen LogP contribution in [0, 0.1) is 21.7 Å². The summed E-state index contributed by atoms with van der Waals surface area (Å²) < 4.78 is 28.3. The molecule has 1 aromatic heterocycles. The maximum atomic E-state index is 13.5. The number of halogens is 2. The fraction of sp³-hybridized carbons (Fsp3) is 0.333. The standard InChI is InChI=1S/C12H13F2N5O2/c1-18-7-16-12(17-18)2-3-15-6-8-4-11(19(20)21)10(14)5-9(8)13/h4-5,7,15H,2-3,6H2,1H3. The van der Waals surface area contributed by atoms with Crippen LogP contribution in [-0.2, 0) is 20.0 Å². The summed E-state index contributed by atoms with van der Waals surface area (Å²) in [5.41, 5.74) is -0.698. The molecular formula is C12H13F2N5O2. The van der Waals surface area contributed by atoms with Gasteiger partial charge in [-0.1, -0.05) is 0 Å². The lowest BCUT2D eigenvalue weighted by Gasteiger charge is -2.05. The molecule has 0 atom stereocenters. The highest BCUT2D eigenvalue weighted by Crippen LogP contribution is 2.21. The smallest absolute Gasteiger partial charge is 0.305 e. The molecule has 0 spiro atoms. The summed E-state index contributed by atoms with van der Waals surface area (Å²) in [4.78, 5) is 13.8. The van der Waals surface area contributed by atoms with Gasteiger partial charge in [0.25, 0.3) is 0 Å². The average Bonchev–Trinajstić information content (AvgIpc) is 2.82. The van der Waals surface area contributed by atoms with Gasteiger partial charge in [0.2, 0.25) is 5.82 Å². The lowest BCUT2D eigenvalue weighted by molar-refractivity contribution is -0.387. The van der Waals surface area contributed by atoms with Crippen molar-refractivity contribution >= 4 is 5.69 Å². The zero-order valence-electron chi connectivity index (χ0n) is 11.2. The van der Waals surface area contributed by atoms with Gasteiger partial charge in [0.15, 0.2) is 5.82 Å². The fourth-order valence-electron chi connectivity index (χ4n) is 1.78. The molecule has 0 radical (unpaired) electrons. The molecule has 0 aliphatic heterocycles. The maximum absolute atomic E-state index is 13.5. The third-order valence-corrected chi connectivity index (χ3v) is 2.80. The van der Waals surface area contributed by atoms with E-state index in [1.807, 2.05) is 0 Å². The summed E-state index contributed by atoms with van der Waals surface area (Å²) in [7, 11) is 1.75. The molecule has 1 heterocycles. The highest BCUT2D eigenvalue weighted by molar-refractivity contribution is 5.37. The molecule has 112 valence electrons. The minimum atomic E-state index is -1.18. The number of benzene rings is 1. The number of nitrogens with one attached hydrogen (secondary N) is 1. The van der Waals surface area contributed by atoms with Gasteiger partial charge in [-0.15, -0.1) is 0 Å². The first kappa shape index (κ1) is 15.0. The van der Waals surface area contributed by atoms with E-state index in [1.54, 1.807) is 18.1 Å². The van der Waals surface area contributed by atoms with Crippen molar-refractivity contribution < 1.29 is 13.7 Å². The second-order valence-electron chi connectivity index (χ2n) is 4.41. The Morgan fingerprint density at radius 3 is 2.76 bits per heavy atom. The van der Waals surface area contributed by atoms with E-state index in [2.05, 4.69) is 15.4 Å². The van der Waals surface area contributed by atoms with Gasteiger partial charge in [0.1, 0.15) is 12.1 Å². The zero-order valence-corrected chi connectivity index (χ0v) is 11.2.